The van der Waals surface area contributed by atoms with Crippen LogP contribution in [0.15, 0.2) is 34.7 Å². The van der Waals surface area contributed by atoms with Gasteiger partial charge in [0.25, 0.3) is 0 Å². The van der Waals surface area contributed by atoms with Crippen molar-refractivity contribution < 1.29 is 0 Å². The number of nitrogens with one attached hydrogen (secondary N) is 1. The molecule has 3 heteroatoms. The van der Waals surface area contributed by atoms with Gasteiger partial charge in [0.05, 0.1) is 6.21 Å². The summed E-state index contributed by atoms with van der Waals surface area (Å²) in [5.41, 5.74) is 3.92. The maximum Gasteiger partial charge on any atom is 0.0554 e. The Morgan fingerprint density at radius 2 is 2.23 bits per heavy atom. The Bertz CT molecular complexity index is 431. The zero-order valence-corrected chi connectivity index (χ0v) is 8.14. The lowest BCUT2D eigenvalue weighted by Crippen LogP contribution is -1.93. The highest BCUT2D eigenvalue weighted by atomic mass is 32.1. The average molecular weight is 190 g/mol. The van der Waals surface area contributed by atoms with Gasteiger partial charge in [0.15, 0.2) is 0 Å². The number of nitrogens with zero attached hydrogens (tertiary/aromatic N) is 1. The Kier molecular flexibility index (Phi) is 2.27. The molecule has 2 nitrogen and oxygen atoms in total. The predicted octanol–water partition coefficient (Wildman–Crippen LogP) is 2.45. The number of thiophene rings is 1. The van der Waals surface area contributed by atoms with Crippen LogP contribution in [-0.4, -0.2) is 13.3 Å². The van der Waals surface area contributed by atoms with Gasteiger partial charge in [-0.25, -0.2) is 0 Å². The predicted molar refractivity (Wildman–Crippen MR) is 58.5 cm³/mol. The van der Waals surface area contributed by atoms with E-state index in [4.69, 9.17) is 0 Å². The molecule has 0 amide bonds. The molecule has 2 aromatic rings. The molecule has 1 aromatic heterocycles. The highest BCUT2D eigenvalue weighted by Crippen LogP contribution is 2.23. The number of fused-ring (bicyclic) bond motifs is 1. The third kappa shape index (κ3) is 1.55. The van der Waals surface area contributed by atoms with Gasteiger partial charge in [-0.1, -0.05) is 18.2 Å². The van der Waals surface area contributed by atoms with Crippen LogP contribution in [0.25, 0.3) is 10.1 Å². The van der Waals surface area contributed by atoms with Gasteiger partial charge >= 0.3 is 0 Å². The molecule has 0 saturated heterocycles. The van der Waals surface area contributed by atoms with Crippen molar-refractivity contribution in [2.45, 2.75) is 0 Å². The summed E-state index contributed by atoms with van der Waals surface area (Å²) in [4.78, 5) is 0. The van der Waals surface area contributed by atoms with Crippen molar-refractivity contribution in [2.75, 3.05) is 7.05 Å². The van der Waals surface area contributed by atoms with Gasteiger partial charge in [0.1, 0.15) is 0 Å². The van der Waals surface area contributed by atoms with Crippen LogP contribution in [0.4, 0.5) is 0 Å². The Morgan fingerprint density at radius 3 is 3.08 bits per heavy atom. The number of benzene rings is 1. The van der Waals surface area contributed by atoms with Crippen LogP contribution in [0.3, 0.4) is 0 Å². The molecule has 0 aliphatic rings. The minimum absolute atomic E-state index is 1.18. The fraction of sp³-hybridized carbons (Fsp3) is 0.100. The Hall–Kier alpha value is -1.35. The molecule has 0 bridgehead atoms. The first kappa shape index (κ1) is 8.26. The quantitative estimate of drug-likeness (QED) is 0.571. The average Bonchev–Trinajstić information content (AvgIpc) is 2.58. The topological polar surface area (TPSA) is 24.4 Å². The molecule has 0 saturated carbocycles. The van der Waals surface area contributed by atoms with E-state index >= 15 is 0 Å². The molecule has 1 N–H and O–H groups in total. The van der Waals surface area contributed by atoms with E-state index in [2.05, 4.69) is 34.1 Å². The molecule has 2 rings (SSSR count). The van der Waals surface area contributed by atoms with Crippen molar-refractivity contribution in [3.8, 4) is 0 Å². The Labute approximate surface area is 80.9 Å². The lowest BCUT2D eigenvalue weighted by Gasteiger charge is -1.90. The maximum absolute atomic E-state index is 4.00. The van der Waals surface area contributed by atoms with E-state index < -0.39 is 0 Å². The van der Waals surface area contributed by atoms with Gasteiger partial charge in [0, 0.05) is 28.1 Å². The third-order valence-electron chi connectivity index (χ3n) is 1.84. The Balaban J connectivity index is 2.52. The van der Waals surface area contributed by atoms with Crippen LogP contribution in [0, 0.1) is 0 Å². The summed E-state index contributed by atoms with van der Waals surface area (Å²) < 4.78 is 1.31. The first-order chi connectivity index (χ1) is 6.42. The van der Waals surface area contributed by atoms with Gasteiger partial charge in [-0.3, -0.25) is 0 Å². The molecule has 0 aliphatic carbocycles. The highest BCUT2D eigenvalue weighted by molar-refractivity contribution is 7.17. The summed E-state index contributed by atoms with van der Waals surface area (Å²) in [5, 5.41) is 7.38. The van der Waals surface area contributed by atoms with E-state index in [0.717, 1.165) is 0 Å². The normalized spacial score (nSPS) is 11.2. The van der Waals surface area contributed by atoms with Crippen molar-refractivity contribution in [2.24, 2.45) is 5.10 Å². The van der Waals surface area contributed by atoms with Crippen molar-refractivity contribution in [1.29, 1.82) is 0 Å². The second kappa shape index (κ2) is 3.58. The van der Waals surface area contributed by atoms with E-state index in [1.165, 1.54) is 15.6 Å². The molecule has 0 fully saturated rings. The first-order valence-electron chi connectivity index (χ1n) is 4.08. The minimum Gasteiger partial charge on any atom is -0.313 e. The van der Waals surface area contributed by atoms with Crippen LogP contribution in [0.5, 0.6) is 0 Å². The standard InChI is InChI=1S/C10H10N2S/c1-11-12-6-8-7-13-10-5-3-2-4-9(8)10/h2-7,11H,1H3/b12-6+. The largest absolute Gasteiger partial charge is 0.313 e. The summed E-state index contributed by atoms with van der Waals surface area (Å²) in [6.45, 7) is 0. The van der Waals surface area contributed by atoms with Crippen LogP contribution < -0.4 is 5.43 Å². The molecule has 0 aliphatic heterocycles. The fourth-order valence-electron chi connectivity index (χ4n) is 1.23. The van der Waals surface area contributed by atoms with E-state index in [1.807, 2.05) is 12.3 Å². The lowest BCUT2D eigenvalue weighted by atomic mass is 10.2. The van der Waals surface area contributed by atoms with Crippen molar-refractivity contribution in [3.05, 3.63) is 35.2 Å². The highest BCUT2D eigenvalue weighted by Gasteiger charge is 1.99. The molecule has 13 heavy (non-hydrogen) atoms. The monoisotopic (exact) mass is 190 g/mol. The van der Waals surface area contributed by atoms with E-state index in [1.54, 1.807) is 18.4 Å². The van der Waals surface area contributed by atoms with E-state index in [-0.39, 0.29) is 0 Å². The van der Waals surface area contributed by atoms with Crippen molar-refractivity contribution in [1.82, 2.24) is 5.43 Å². The van der Waals surface area contributed by atoms with E-state index in [9.17, 15) is 0 Å². The van der Waals surface area contributed by atoms with Crippen LogP contribution in [0.2, 0.25) is 0 Å². The molecule has 0 radical (unpaired) electrons. The van der Waals surface area contributed by atoms with Crippen molar-refractivity contribution in [3.63, 3.8) is 0 Å². The smallest absolute Gasteiger partial charge is 0.0554 e. The van der Waals surface area contributed by atoms with Gasteiger partial charge in [0.2, 0.25) is 0 Å². The van der Waals surface area contributed by atoms with Gasteiger partial charge in [-0.15, -0.1) is 11.3 Å². The summed E-state index contributed by atoms with van der Waals surface area (Å²) in [5.74, 6) is 0. The molecule has 1 heterocycles. The van der Waals surface area contributed by atoms with Crippen LogP contribution in [0.1, 0.15) is 5.56 Å². The minimum atomic E-state index is 1.18. The number of hydrogen-bond donors (Lipinski definition) is 1. The van der Waals surface area contributed by atoms with Gasteiger partial charge in [-0.2, -0.15) is 5.10 Å². The molecule has 0 atom stereocenters. The van der Waals surface area contributed by atoms with Crippen LogP contribution in [-0.2, 0) is 0 Å². The molecule has 66 valence electrons. The first-order valence-corrected chi connectivity index (χ1v) is 4.96. The number of hydrazone groups is 1. The number of rotatable bonds is 2. The molecular weight excluding hydrogens is 180 g/mol. The third-order valence-corrected chi connectivity index (χ3v) is 2.83. The molecular formula is C10H10N2S. The summed E-state index contributed by atoms with van der Waals surface area (Å²) in [6, 6.07) is 8.34. The number of hydrogen-bond acceptors (Lipinski definition) is 3. The summed E-state index contributed by atoms with van der Waals surface area (Å²) in [7, 11) is 1.80. The molecule has 0 unspecified atom stereocenters. The second-order valence-corrected chi connectivity index (χ2v) is 3.58. The zero-order chi connectivity index (χ0) is 9.10. The Morgan fingerprint density at radius 1 is 1.38 bits per heavy atom. The maximum atomic E-state index is 4.00. The molecule has 1 aromatic carbocycles. The van der Waals surface area contributed by atoms with Gasteiger partial charge < -0.3 is 5.43 Å². The van der Waals surface area contributed by atoms with E-state index in [0.29, 0.717) is 0 Å². The fourth-order valence-corrected chi connectivity index (χ4v) is 2.14. The SMILES string of the molecule is CN/N=C/c1csc2ccccc12. The van der Waals surface area contributed by atoms with Crippen LogP contribution >= 0.6 is 11.3 Å². The second-order valence-electron chi connectivity index (χ2n) is 2.67. The molecule has 0 spiro atoms. The summed E-state index contributed by atoms with van der Waals surface area (Å²) in [6.07, 6.45) is 1.85. The summed E-state index contributed by atoms with van der Waals surface area (Å²) >= 11 is 1.75. The van der Waals surface area contributed by atoms with Gasteiger partial charge in [-0.05, 0) is 6.07 Å². The van der Waals surface area contributed by atoms with Crippen molar-refractivity contribution >= 4 is 27.6 Å². The zero-order valence-electron chi connectivity index (χ0n) is 7.32. The lowest BCUT2D eigenvalue weighted by molar-refractivity contribution is 0.908.